The Hall–Kier alpha value is -2.14. The van der Waals surface area contributed by atoms with E-state index in [1.165, 1.54) is 5.56 Å². The second kappa shape index (κ2) is 10.4. The predicted molar refractivity (Wildman–Crippen MR) is 118 cm³/mol. The molecule has 0 unspecified atom stereocenters. The molecule has 5 heteroatoms. The minimum atomic E-state index is -0.0440. The maximum Gasteiger partial charge on any atom is 0.230 e. The van der Waals surface area contributed by atoms with Crippen LogP contribution >= 0.6 is 11.8 Å². The van der Waals surface area contributed by atoms with Crippen LogP contribution in [0.1, 0.15) is 55.0 Å². The van der Waals surface area contributed by atoms with Crippen molar-refractivity contribution in [2.24, 2.45) is 0 Å². The number of rotatable bonds is 9. The van der Waals surface area contributed by atoms with E-state index in [9.17, 15) is 4.79 Å². The van der Waals surface area contributed by atoms with Crippen molar-refractivity contribution in [3.8, 4) is 11.5 Å². The number of aryl methyl sites for hydroxylation is 1. The highest BCUT2D eigenvalue weighted by molar-refractivity contribution is 7.99. The smallest absolute Gasteiger partial charge is 0.230 e. The lowest BCUT2D eigenvalue weighted by molar-refractivity contribution is -0.119. The topological polar surface area (TPSA) is 47.6 Å². The van der Waals surface area contributed by atoms with E-state index in [0.717, 1.165) is 33.9 Å². The van der Waals surface area contributed by atoms with E-state index in [1.807, 2.05) is 31.2 Å². The summed E-state index contributed by atoms with van der Waals surface area (Å²) in [7, 11) is 3.36. The van der Waals surface area contributed by atoms with Crippen molar-refractivity contribution in [2.75, 3.05) is 20.0 Å². The molecule has 0 fully saturated rings. The number of nitrogens with one attached hydrogen (secondary N) is 1. The average molecular weight is 402 g/mol. The van der Waals surface area contributed by atoms with Crippen LogP contribution in [0, 0.1) is 6.92 Å². The van der Waals surface area contributed by atoms with Gasteiger partial charge in [0.25, 0.3) is 0 Å². The standard InChI is InChI=1S/C23H31NO3S/c1-15(2)20-12-21(16(3)11-22(20)27-6)17(4)24-23(25)14-28-13-18-7-9-19(26-5)10-8-18/h7-12,15,17H,13-14H2,1-6H3,(H,24,25)/t17-/m1/s1. The Morgan fingerprint density at radius 2 is 1.71 bits per heavy atom. The second-order valence-electron chi connectivity index (χ2n) is 7.24. The van der Waals surface area contributed by atoms with Gasteiger partial charge >= 0.3 is 0 Å². The van der Waals surface area contributed by atoms with Gasteiger partial charge in [0.05, 0.1) is 26.0 Å². The Morgan fingerprint density at radius 3 is 2.29 bits per heavy atom. The molecule has 2 aromatic rings. The summed E-state index contributed by atoms with van der Waals surface area (Å²) in [5, 5.41) is 3.12. The summed E-state index contributed by atoms with van der Waals surface area (Å²) in [6, 6.07) is 12.1. The van der Waals surface area contributed by atoms with E-state index in [1.54, 1.807) is 26.0 Å². The number of methoxy groups -OCH3 is 2. The highest BCUT2D eigenvalue weighted by Crippen LogP contribution is 2.32. The number of benzene rings is 2. The third kappa shape index (κ3) is 5.93. The number of ether oxygens (including phenoxy) is 2. The average Bonchev–Trinajstić information content (AvgIpc) is 2.67. The van der Waals surface area contributed by atoms with Gasteiger partial charge in [-0.15, -0.1) is 11.8 Å². The fourth-order valence-corrected chi connectivity index (χ4v) is 3.95. The van der Waals surface area contributed by atoms with Crippen LogP contribution in [-0.4, -0.2) is 25.9 Å². The van der Waals surface area contributed by atoms with Crippen molar-refractivity contribution in [3.05, 3.63) is 58.7 Å². The molecule has 0 spiro atoms. The molecule has 4 nitrogen and oxygen atoms in total. The Bertz CT molecular complexity index is 787. The van der Waals surface area contributed by atoms with Crippen molar-refractivity contribution in [1.29, 1.82) is 0 Å². The summed E-state index contributed by atoms with van der Waals surface area (Å²) >= 11 is 1.61. The summed E-state index contributed by atoms with van der Waals surface area (Å²) < 4.78 is 10.7. The van der Waals surface area contributed by atoms with Crippen molar-refractivity contribution in [2.45, 2.75) is 45.4 Å². The van der Waals surface area contributed by atoms with E-state index < -0.39 is 0 Å². The zero-order valence-corrected chi connectivity index (χ0v) is 18.5. The molecule has 0 bridgehead atoms. The largest absolute Gasteiger partial charge is 0.497 e. The molecule has 2 rings (SSSR count). The van der Waals surface area contributed by atoms with Crippen LogP contribution in [0.3, 0.4) is 0 Å². The van der Waals surface area contributed by atoms with E-state index in [4.69, 9.17) is 9.47 Å². The number of carbonyl (C=O) groups excluding carboxylic acids is 1. The highest BCUT2D eigenvalue weighted by Gasteiger charge is 2.16. The van der Waals surface area contributed by atoms with Gasteiger partial charge < -0.3 is 14.8 Å². The molecular weight excluding hydrogens is 370 g/mol. The fourth-order valence-electron chi connectivity index (χ4n) is 3.15. The van der Waals surface area contributed by atoms with Crippen LogP contribution in [0.4, 0.5) is 0 Å². The highest BCUT2D eigenvalue weighted by atomic mass is 32.2. The molecule has 1 amide bonds. The van der Waals surface area contributed by atoms with Gasteiger partial charge in [-0.2, -0.15) is 0 Å². The molecule has 1 atom stereocenters. The Morgan fingerprint density at radius 1 is 1.04 bits per heavy atom. The van der Waals surface area contributed by atoms with Crippen molar-refractivity contribution >= 4 is 17.7 Å². The lowest BCUT2D eigenvalue weighted by Crippen LogP contribution is -2.28. The minimum Gasteiger partial charge on any atom is -0.497 e. The lowest BCUT2D eigenvalue weighted by Gasteiger charge is -2.21. The van der Waals surface area contributed by atoms with Gasteiger partial charge in [0.2, 0.25) is 5.91 Å². The van der Waals surface area contributed by atoms with Crippen LogP contribution < -0.4 is 14.8 Å². The normalized spacial score (nSPS) is 12.0. The third-order valence-electron chi connectivity index (χ3n) is 4.75. The molecule has 1 N–H and O–H groups in total. The number of carbonyl (C=O) groups is 1. The van der Waals surface area contributed by atoms with Crippen LogP contribution in [0.5, 0.6) is 11.5 Å². The summed E-state index contributed by atoms with van der Waals surface area (Å²) in [4.78, 5) is 12.4. The Kier molecular flexibility index (Phi) is 8.24. The number of amides is 1. The van der Waals surface area contributed by atoms with Crippen molar-refractivity contribution in [3.63, 3.8) is 0 Å². The maximum atomic E-state index is 12.4. The number of hydrogen-bond acceptors (Lipinski definition) is 4. The van der Waals surface area contributed by atoms with Gasteiger partial charge in [-0.05, 0) is 66.3 Å². The molecule has 0 saturated heterocycles. The number of thioether (sulfide) groups is 1. The van der Waals surface area contributed by atoms with Crippen molar-refractivity contribution < 1.29 is 14.3 Å². The van der Waals surface area contributed by atoms with Gasteiger partial charge in [-0.25, -0.2) is 0 Å². The zero-order valence-electron chi connectivity index (χ0n) is 17.7. The summed E-state index contributed by atoms with van der Waals surface area (Å²) in [6.07, 6.45) is 0. The molecule has 2 aromatic carbocycles. The monoisotopic (exact) mass is 401 g/mol. The molecule has 0 aliphatic heterocycles. The summed E-state index contributed by atoms with van der Waals surface area (Å²) in [6.45, 7) is 8.39. The van der Waals surface area contributed by atoms with E-state index in [2.05, 4.69) is 38.2 Å². The Balaban J connectivity index is 1.93. The van der Waals surface area contributed by atoms with Gasteiger partial charge in [0, 0.05) is 5.75 Å². The first-order valence-electron chi connectivity index (χ1n) is 9.54. The third-order valence-corrected chi connectivity index (χ3v) is 5.75. The first-order chi connectivity index (χ1) is 13.3. The van der Waals surface area contributed by atoms with Gasteiger partial charge in [-0.1, -0.05) is 26.0 Å². The summed E-state index contributed by atoms with van der Waals surface area (Å²) in [5.41, 5.74) is 4.61. The van der Waals surface area contributed by atoms with Crippen LogP contribution in [0.25, 0.3) is 0 Å². The summed E-state index contributed by atoms with van der Waals surface area (Å²) in [5.74, 6) is 3.39. The second-order valence-corrected chi connectivity index (χ2v) is 8.22. The maximum absolute atomic E-state index is 12.4. The van der Waals surface area contributed by atoms with E-state index in [0.29, 0.717) is 11.7 Å². The molecule has 0 heterocycles. The quantitative estimate of drug-likeness (QED) is 0.624. The molecule has 0 saturated carbocycles. The molecule has 0 aliphatic rings. The van der Waals surface area contributed by atoms with E-state index >= 15 is 0 Å². The molecule has 28 heavy (non-hydrogen) atoms. The van der Waals surface area contributed by atoms with Gasteiger partial charge in [0.15, 0.2) is 0 Å². The molecule has 0 aromatic heterocycles. The van der Waals surface area contributed by atoms with Crippen LogP contribution in [0.15, 0.2) is 36.4 Å². The fraction of sp³-hybridized carbons (Fsp3) is 0.435. The van der Waals surface area contributed by atoms with Gasteiger partial charge in [-0.3, -0.25) is 4.79 Å². The minimum absolute atomic E-state index is 0.0440. The van der Waals surface area contributed by atoms with Crippen LogP contribution in [-0.2, 0) is 10.5 Å². The first-order valence-corrected chi connectivity index (χ1v) is 10.7. The SMILES string of the molecule is COc1ccc(CSCC(=O)N[C@H](C)c2cc(C(C)C)c(OC)cc2C)cc1. The van der Waals surface area contributed by atoms with Gasteiger partial charge in [0.1, 0.15) is 11.5 Å². The Labute approximate surface area is 173 Å². The molecule has 152 valence electrons. The predicted octanol–water partition coefficient (Wildman–Crippen LogP) is 5.25. The van der Waals surface area contributed by atoms with Crippen molar-refractivity contribution in [1.82, 2.24) is 5.32 Å². The lowest BCUT2D eigenvalue weighted by atomic mass is 9.93. The molecule has 0 aliphatic carbocycles. The first kappa shape index (κ1) is 22.2. The number of hydrogen-bond donors (Lipinski definition) is 1. The zero-order chi connectivity index (χ0) is 20.7. The van der Waals surface area contributed by atoms with Crippen LogP contribution in [0.2, 0.25) is 0 Å². The molecule has 0 radical (unpaired) electrons. The molecular formula is C23H31NO3S. The van der Waals surface area contributed by atoms with E-state index in [-0.39, 0.29) is 11.9 Å².